The molecule has 0 saturated carbocycles. The van der Waals surface area contributed by atoms with E-state index in [1.54, 1.807) is 24.3 Å². The molecule has 31 heavy (non-hydrogen) atoms. The zero-order chi connectivity index (χ0) is 22.4. The fraction of sp³-hybridized carbons (Fsp3) is 0.304. The number of nitrogens with zero attached hydrogens (tertiary/aromatic N) is 1. The summed E-state index contributed by atoms with van der Waals surface area (Å²) >= 11 is 5.91. The Morgan fingerprint density at radius 1 is 1.16 bits per heavy atom. The van der Waals surface area contributed by atoms with E-state index in [1.165, 1.54) is 0 Å². The van der Waals surface area contributed by atoms with Gasteiger partial charge in [0.2, 0.25) is 0 Å². The van der Waals surface area contributed by atoms with Crippen LogP contribution in [0.25, 0.3) is 10.9 Å². The van der Waals surface area contributed by atoms with Crippen molar-refractivity contribution in [2.45, 2.75) is 39.0 Å². The summed E-state index contributed by atoms with van der Waals surface area (Å²) in [5.74, 6) is -0.982. The van der Waals surface area contributed by atoms with Crippen LogP contribution in [0.1, 0.15) is 19.4 Å². The first-order valence-electron chi connectivity index (χ1n) is 9.98. The predicted octanol–water partition coefficient (Wildman–Crippen LogP) is 4.96. The van der Waals surface area contributed by atoms with Gasteiger partial charge in [-0.3, -0.25) is 5.32 Å². The number of carboxylic acid groups (broad SMARTS) is 1. The molecule has 1 aromatic heterocycles. The number of carbonyl (C=O) groups is 2. The zero-order valence-corrected chi connectivity index (χ0v) is 18.1. The average molecular weight is 445 g/mol. The van der Waals surface area contributed by atoms with Crippen LogP contribution in [0.3, 0.4) is 0 Å². The minimum atomic E-state index is -0.982. The molecule has 3 rings (SSSR count). The van der Waals surface area contributed by atoms with Gasteiger partial charge in [0.1, 0.15) is 6.61 Å². The maximum Gasteiger partial charge on any atom is 0.411 e. The van der Waals surface area contributed by atoms with Crippen molar-refractivity contribution in [3.8, 4) is 0 Å². The summed E-state index contributed by atoms with van der Waals surface area (Å²) in [4.78, 5) is 23.5. The second-order valence-corrected chi connectivity index (χ2v) is 7.78. The van der Waals surface area contributed by atoms with Crippen LogP contribution in [0, 0.1) is 0 Å². The van der Waals surface area contributed by atoms with Crippen molar-refractivity contribution in [2.24, 2.45) is 0 Å². The average Bonchev–Trinajstić information content (AvgIpc) is 3.11. The van der Waals surface area contributed by atoms with Crippen molar-refractivity contribution >= 4 is 40.3 Å². The van der Waals surface area contributed by atoms with Crippen LogP contribution < -0.4 is 5.32 Å². The van der Waals surface area contributed by atoms with Gasteiger partial charge in [0, 0.05) is 34.2 Å². The van der Waals surface area contributed by atoms with E-state index < -0.39 is 18.2 Å². The minimum absolute atomic E-state index is 0.175. The lowest BCUT2D eigenvalue weighted by Crippen LogP contribution is -2.29. The summed E-state index contributed by atoms with van der Waals surface area (Å²) in [6.07, 6.45) is 0.515. The second-order valence-electron chi connectivity index (χ2n) is 7.35. The topological polar surface area (TPSA) is 89.8 Å². The quantitative estimate of drug-likeness (QED) is 0.486. The lowest BCUT2D eigenvalue weighted by atomic mass is 10.0. The van der Waals surface area contributed by atoms with E-state index in [0.29, 0.717) is 17.3 Å². The first-order chi connectivity index (χ1) is 14.8. The van der Waals surface area contributed by atoms with E-state index >= 15 is 0 Å². The Labute approximate surface area is 185 Å². The van der Waals surface area contributed by atoms with Gasteiger partial charge in [0.05, 0.1) is 12.6 Å². The number of halogens is 1. The molecule has 2 aromatic carbocycles. The molecule has 0 aliphatic heterocycles. The summed E-state index contributed by atoms with van der Waals surface area (Å²) in [6.45, 7) is 4.26. The van der Waals surface area contributed by atoms with Gasteiger partial charge in [-0.15, -0.1) is 0 Å². The second kappa shape index (κ2) is 10.3. The number of aliphatic carboxylic acids is 1. The lowest BCUT2D eigenvalue weighted by Gasteiger charge is -2.17. The highest BCUT2D eigenvalue weighted by molar-refractivity contribution is 6.30. The lowest BCUT2D eigenvalue weighted by molar-refractivity contribution is -0.153. The number of aromatic nitrogens is 1. The predicted molar refractivity (Wildman–Crippen MR) is 120 cm³/mol. The number of ether oxygens (including phenoxy) is 2. The van der Waals surface area contributed by atoms with E-state index in [-0.39, 0.29) is 19.1 Å². The van der Waals surface area contributed by atoms with E-state index in [1.807, 2.05) is 48.9 Å². The Balaban J connectivity index is 1.62. The van der Waals surface area contributed by atoms with Crippen LogP contribution in [-0.2, 0) is 27.2 Å². The highest BCUT2D eigenvalue weighted by Gasteiger charge is 2.21. The van der Waals surface area contributed by atoms with E-state index in [4.69, 9.17) is 21.1 Å². The number of fused-ring (bicyclic) bond motifs is 1. The van der Waals surface area contributed by atoms with E-state index in [0.717, 1.165) is 16.5 Å². The maximum atomic E-state index is 12.0. The highest BCUT2D eigenvalue weighted by atomic mass is 35.5. The highest BCUT2D eigenvalue weighted by Crippen LogP contribution is 2.23. The molecule has 8 heteroatoms. The summed E-state index contributed by atoms with van der Waals surface area (Å²) in [5.41, 5.74) is 2.39. The summed E-state index contributed by atoms with van der Waals surface area (Å²) in [6, 6.07) is 14.5. The molecule has 1 amide bonds. The molecule has 1 unspecified atom stereocenters. The normalized spacial score (nSPS) is 12.1. The summed E-state index contributed by atoms with van der Waals surface area (Å²) in [7, 11) is 0. The van der Waals surface area contributed by atoms with Gasteiger partial charge in [0.25, 0.3) is 0 Å². The fourth-order valence-corrected chi connectivity index (χ4v) is 3.53. The van der Waals surface area contributed by atoms with Crippen LogP contribution in [0.2, 0.25) is 5.02 Å². The Hall–Kier alpha value is -3.03. The first kappa shape index (κ1) is 22.7. The van der Waals surface area contributed by atoms with Crippen LogP contribution in [-0.4, -0.2) is 40.6 Å². The first-order valence-corrected chi connectivity index (χ1v) is 10.4. The van der Waals surface area contributed by atoms with Crippen LogP contribution in [0.15, 0.2) is 54.7 Å². The van der Waals surface area contributed by atoms with Gasteiger partial charge in [-0.05, 0) is 49.7 Å². The summed E-state index contributed by atoms with van der Waals surface area (Å²) < 4.78 is 12.8. The molecule has 7 nitrogen and oxygen atoms in total. The monoisotopic (exact) mass is 444 g/mol. The van der Waals surface area contributed by atoms with Crippen LogP contribution >= 0.6 is 11.6 Å². The number of rotatable bonds is 9. The van der Waals surface area contributed by atoms with Crippen LogP contribution in [0.5, 0.6) is 0 Å². The zero-order valence-electron chi connectivity index (χ0n) is 17.4. The number of hydrogen-bond donors (Lipinski definition) is 2. The van der Waals surface area contributed by atoms with Crippen LogP contribution in [0.4, 0.5) is 10.5 Å². The number of hydrogen-bond acceptors (Lipinski definition) is 4. The number of carbonyl (C=O) groups excluding carboxylic acids is 1. The van der Waals surface area contributed by atoms with Gasteiger partial charge in [-0.1, -0.05) is 29.8 Å². The van der Waals surface area contributed by atoms with Gasteiger partial charge < -0.3 is 19.1 Å². The molecule has 0 fully saturated rings. The molecule has 1 atom stereocenters. The van der Waals surface area contributed by atoms with Crippen molar-refractivity contribution in [1.82, 2.24) is 4.57 Å². The van der Waals surface area contributed by atoms with Crippen molar-refractivity contribution in [3.63, 3.8) is 0 Å². The number of benzene rings is 2. The Morgan fingerprint density at radius 2 is 1.94 bits per heavy atom. The third-order valence-corrected chi connectivity index (χ3v) is 4.89. The van der Waals surface area contributed by atoms with Crippen molar-refractivity contribution in [1.29, 1.82) is 0 Å². The Morgan fingerprint density at radius 3 is 2.65 bits per heavy atom. The molecule has 0 bridgehead atoms. The molecule has 0 radical (unpaired) electrons. The molecule has 0 saturated heterocycles. The minimum Gasteiger partial charge on any atom is -0.479 e. The number of amides is 1. The molecule has 1 heterocycles. The van der Waals surface area contributed by atoms with E-state index in [9.17, 15) is 14.7 Å². The molecular weight excluding hydrogens is 420 g/mol. The number of nitrogens with one attached hydrogen (secondary N) is 1. The molecule has 0 aliphatic rings. The number of anilines is 1. The standard InChI is InChI=1S/C23H25ClN2O5/c1-15(2)31-21(22(27)28)13-16-5-3-8-20-19(16)9-10-26(20)11-12-30-23(29)25-18-7-4-6-17(24)14-18/h3-10,14-15,21H,11-13H2,1-2H3,(H,25,29)(H,27,28). The Bertz CT molecular complexity index is 1060. The molecular formula is C23H25ClN2O5. The Kier molecular flexibility index (Phi) is 7.55. The van der Waals surface area contributed by atoms with Crippen molar-refractivity contribution in [3.05, 3.63) is 65.3 Å². The molecule has 0 aliphatic carbocycles. The van der Waals surface area contributed by atoms with Gasteiger partial charge in [-0.2, -0.15) is 0 Å². The van der Waals surface area contributed by atoms with Crippen molar-refractivity contribution in [2.75, 3.05) is 11.9 Å². The third-order valence-electron chi connectivity index (χ3n) is 4.66. The van der Waals surface area contributed by atoms with Gasteiger partial charge >= 0.3 is 12.1 Å². The largest absolute Gasteiger partial charge is 0.479 e. The fourth-order valence-electron chi connectivity index (χ4n) is 3.34. The van der Waals surface area contributed by atoms with Gasteiger partial charge in [0.15, 0.2) is 6.10 Å². The molecule has 164 valence electrons. The molecule has 3 aromatic rings. The molecule has 0 spiro atoms. The SMILES string of the molecule is CC(C)OC(Cc1cccc2c1ccn2CCOC(=O)Nc1cccc(Cl)c1)C(=O)O. The van der Waals surface area contributed by atoms with Gasteiger partial charge in [-0.25, -0.2) is 9.59 Å². The maximum absolute atomic E-state index is 12.0. The smallest absolute Gasteiger partial charge is 0.411 e. The third kappa shape index (κ3) is 6.23. The summed E-state index contributed by atoms with van der Waals surface area (Å²) in [5, 5.41) is 13.6. The molecule has 2 N–H and O–H groups in total. The van der Waals surface area contributed by atoms with E-state index in [2.05, 4.69) is 5.32 Å². The van der Waals surface area contributed by atoms with Crippen molar-refractivity contribution < 1.29 is 24.2 Å². The number of carboxylic acids is 1.